The molecule has 0 atom stereocenters. The Morgan fingerprint density at radius 1 is 1.03 bits per heavy atom. The van der Waals surface area contributed by atoms with Crippen molar-refractivity contribution in [1.82, 2.24) is 10.6 Å². The molecule has 0 spiro atoms. The summed E-state index contributed by atoms with van der Waals surface area (Å²) in [5.41, 5.74) is 0.414. The molecule has 1 aromatic carbocycles. The van der Waals surface area contributed by atoms with E-state index in [2.05, 4.69) is 10.6 Å². The number of allylic oxidation sites excluding steroid dienone is 1. The molecule has 0 bridgehead atoms. The highest BCUT2D eigenvalue weighted by atomic mass is 16.6. The third kappa shape index (κ3) is 9.41. The first-order valence-electron chi connectivity index (χ1n) is 10.9. The number of benzene rings is 1. The number of rotatable bonds is 7. The summed E-state index contributed by atoms with van der Waals surface area (Å²) in [7, 11) is 1.27. The third-order valence-corrected chi connectivity index (χ3v) is 5.08. The summed E-state index contributed by atoms with van der Waals surface area (Å²) >= 11 is 0. The number of carbonyl (C=O) groups excluding carboxylic acids is 3. The molecule has 0 radical (unpaired) electrons. The lowest BCUT2D eigenvalue weighted by molar-refractivity contribution is -0.136. The Labute approximate surface area is 189 Å². The summed E-state index contributed by atoms with van der Waals surface area (Å²) in [5, 5.41) is 5.33. The zero-order valence-electron chi connectivity index (χ0n) is 19.3. The highest BCUT2D eigenvalue weighted by Gasteiger charge is 2.24. The van der Waals surface area contributed by atoms with Gasteiger partial charge in [-0.15, -0.1) is 0 Å². The molecule has 0 aromatic heterocycles. The Bertz CT molecular complexity index is 792. The normalized spacial score (nSPS) is 18.9. The van der Waals surface area contributed by atoms with Gasteiger partial charge in [-0.1, -0.05) is 36.4 Å². The van der Waals surface area contributed by atoms with Crippen molar-refractivity contribution in [3.05, 3.63) is 47.7 Å². The van der Waals surface area contributed by atoms with Crippen molar-refractivity contribution in [2.24, 2.45) is 11.8 Å². The quantitative estimate of drug-likeness (QED) is 0.368. The first kappa shape index (κ1) is 25.2. The average Bonchev–Trinajstić information content (AvgIpc) is 2.75. The smallest absolute Gasteiger partial charge is 0.412 e. The zero-order chi connectivity index (χ0) is 23.6. The van der Waals surface area contributed by atoms with E-state index >= 15 is 0 Å². The van der Waals surface area contributed by atoms with Crippen molar-refractivity contribution in [2.75, 3.05) is 13.7 Å². The van der Waals surface area contributed by atoms with Crippen LogP contribution in [0.3, 0.4) is 0 Å². The molecule has 0 saturated heterocycles. The maximum atomic E-state index is 12.2. The van der Waals surface area contributed by atoms with Crippen LogP contribution in [0.1, 0.15) is 52.0 Å². The highest BCUT2D eigenvalue weighted by molar-refractivity contribution is 5.92. The van der Waals surface area contributed by atoms with Crippen molar-refractivity contribution in [2.45, 2.75) is 58.7 Å². The monoisotopic (exact) mass is 446 g/mol. The Hall–Kier alpha value is -3.03. The first-order chi connectivity index (χ1) is 15.2. The van der Waals surface area contributed by atoms with Gasteiger partial charge in [0.2, 0.25) is 0 Å². The van der Waals surface area contributed by atoms with Crippen LogP contribution in [0.15, 0.2) is 42.1 Å². The summed E-state index contributed by atoms with van der Waals surface area (Å²) in [5.74, 6) is -0.149. The average molecular weight is 447 g/mol. The summed E-state index contributed by atoms with van der Waals surface area (Å²) in [4.78, 5) is 36.1. The Morgan fingerprint density at radius 2 is 1.69 bits per heavy atom. The van der Waals surface area contributed by atoms with Gasteiger partial charge in [-0.2, -0.15) is 0 Å². The Kier molecular flexibility index (Phi) is 9.56. The van der Waals surface area contributed by atoms with Crippen molar-refractivity contribution < 1.29 is 28.6 Å². The number of esters is 1. The molecule has 0 unspecified atom stereocenters. The molecule has 8 heteroatoms. The Morgan fingerprint density at radius 3 is 2.28 bits per heavy atom. The number of carbonyl (C=O) groups is 3. The molecule has 32 heavy (non-hydrogen) atoms. The third-order valence-electron chi connectivity index (χ3n) is 5.08. The largest absolute Gasteiger partial charge is 0.464 e. The van der Waals surface area contributed by atoms with E-state index in [9.17, 15) is 14.4 Å². The van der Waals surface area contributed by atoms with E-state index in [1.165, 1.54) is 7.11 Å². The fraction of sp³-hybridized carbons (Fsp3) is 0.542. The molecule has 2 amide bonds. The number of alkyl carbamates (subject to hydrolysis) is 2. The molecule has 2 N–H and O–H groups in total. The fourth-order valence-corrected chi connectivity index (χ4v) is 3.48. The number of ether oxygens (including phenoxy) is 3. The lowest BCUT2D eigenvalue weighted by atomic mass is 9.81. The molecule has 0 heterocycles. The number of hydrogen-bond donors (Lipinski definition) is 2. The molecule has 1 aromatic rings. The maximum absolute atomic E-state index is 12.2. The minimum absolute atomic E-state index is 0.0842. The molecule has 1 aliphatic rings. The molecule has 176 valence electrons. The first-order valence-corrected chi connectivity index (χ1v) is 10.9. The van der Waals surface area contributed by atoms with Crippen LogP contribution in [0, 0.1) is 11.8 Å². The predicted molar refractivity (Wildman–Crippen MR) is 120 cm³/mol. The minimum Gasteiger partial charge on any atom is -0.464 e. The van der Waals surface area contributed by atoms with Gasteiger partial charge in [0.25, 0.3) is 0 Å². The molecule has 8 nitrogen and oxygen atoms in total. The van der Waals surface area contributed by atoms with E-state index < -0.39 is 23.8 Å². The minimum atomic E-state index is -0.708. The number of hydrogen-bond acceptors (Lipinski definition) is 6. The number of amides is 2. The topological polar surface area (TPSA) is 103 Å². The molecule has 1 aliphatic carbocycles. The van der Waals surface area contributed by atoms with Gasteiger partial charge in [-0.05, 0) is 63.9 Å². The van der Waals surface area contributed by atoms with E-state index in [0.29, 0.717) is 12.5 Å². The summed E-state index contributed by atoms with van der Waals surface area (Å²) < 4.78 is 15.3. The zero-order valence-corrected chi connectivity index (χ0v) is 19.3. The van der Waals surface area contributed by atoms with Crippen LogP contribution in [0.4, 0.5) is 9.59 Å². The second kappa shape index (κ2) is 12.1. The van der Waals surface area contributed by atoms with E-state index in [4.69, 9.17) is 14.2 Å². The second-order valence-electron chi connectivity index (χ2n) is 8.92. The van der Waals surface area contributed by atoms with Gasteiger partial charge in [0.15, 0.2) is 0 Å². The van der Waals surface area contributed by atoms with Gasteiger partial charge in [0.05, 0.1) is 7.11 Å². The van der Waals surface area contributed by atoms with Gasteiger partial charge in [-0.25, -0.2) is 14.4 Å². The molecule has 1 saturated carbocycles. The summed E-state index contributed by atoms with van der Waals surface area (Å²) in [6.45, 7) is 6.15. The van der Waals surface area contributed by atoms with Crippen LogP contribution < -0.4 is 10.6 Å². The van der Waals surface area contributed by atoms with Crippen LogP contribution in [-0.2, 0) is 25.6 Å². The standard InChI is InChI=1S/C24H34N2O6/c1-24(2,3)32-22(28)25-15-18-12-10-17(11-13-18)14-20(21(27)30-4)26-23(29)31-16-19-8-6-5-7-9-19/h5-9,14,17-18H,10-13,15-16H2,1-4H3,(H,25,28)(H,26,29). The lowest BCUT2D eigenvalue weighted by Crippen LogP contribution is -2.36. The van der Waals surface area contributed by atoms with E-state index in [0.717, 1.165) is 31.2 Å². The molecular formula is C24H34N2O6. The lowest BCUT2D eigenvalue weighted by Gasteiger charge is -2.28. The van der Waals surface area contributed by atoms with Crippen LogP contribution in [0.25, 0.3) is 0 Å². The van der Waals surface area contributed by atoms with Crippen molar-refractivity contribution in [3.63, 3.8) is 0 Å². The van der Waals surface area contributed by atoms with Crippen LogP contribution >= 0.6 is 0 Å². The van der Waals surface area contributed by atoms with Gasteiger partial charge >= 0.3 is 18.2 Å². The van der Waals surface area contributed by atoms with Gasteiger partial charge in [0.1, 0.15) is 17.9 Å². The summed E-state index contributed by atoms with van der Waals surface area (Å²) in [6.07, 6.45) is 4.08. The van der Waals surface area contributed by atoms with E-state index in [1.54, 1.807) is 6.08 Å². The fourth-order valence-electron chi connectivity index (χ4n) is 3.48. The maximum Gasteiger partial charge on any atom is 0.412 e. The number of methoxy groups -OCH3 is 1. The SMILES string of the molecule is COC(=O)C(=CC1CCC(CNC(=O)OC(C)(C)C)CC1)NC(=O)OCc1ccccc1. The Balaban J connectivity index is 1.82. The molecular weight excluding hydrogens is 412 g/mol. The van der Waals surface area contributed by atoms with Crippen LogP contribution in [0.2, 0.25) is 0 Å². The van der Waals surface area contributed by atoms with Gasteiger partial charge in [-0.3, -0.25) is 5.32 Å². The van der Waals surface area contributed by atoms with Gasteiger partial charge in [0, 0.05) is 6.54 Å². The number of nitrogens with one attached hydrogen (secondary N) is 2. The van der Waals surface area contributed by atoms with Crippen molar-refractivity contribution >= 4 is 18.2 Å². The van der Waals surface area contributed by atoms with Gasteiger partial charge < -0.3 is 19.5 Å². The van der Waals surface area contributed by atoms with E-state index in [-0.39, 0.29) is 18.2 Å². The summed E-state index contributed by atoms with van der Waals surface area (Å²) in [6, 6.07) is 9.29. The molecule has 2 rings (SSSR count). The van der Waals surface area contributed by atoms with Crippen LogP contribution in [0.5, 0.6) is 0 Å². The van der Waals surface area contributed by atoms with E-state index in [1.807, 2.05) is 51.1 Å². The van der Waals surface area contributed by atoms with Crippen molar-refractivity contribution in [1.29, 1.82) is 0 Å². The van der Waals surface area contributed by atoms with Crippen molar-refractivity contribution in [3.8, 4) is 0 Å². The highest BCUT2D eigenvalue weighted by Crippen LogP contribution is 2.30. The molecule has 1 fully saturated rings. The predicted octanol–water partition coefficient (Wildman–Crippen LogP) is 4.30. The molecule has 0 aliphatic heterocycles. The van der Waals surface area contributed by atoms with Crippen LogP contribution in [-0.4, -0.2) is 37.4 Å². The second-order valence-corrected chi connectivity index (χ2v) is 8.92.